The highest BCUT2D eigenvalue weighted by atomic mass is 16.6. The molecule has 0 saturated carbocycles. The largest absolute Gasteiger partial charge is 0.462 e. The number of allylic oxidation sites excluding steroid dienone is 3. The Bertz CT molecular complexity index is 2080. The number of carbonyl (C=O) groups is 9. The second-order valence-electron chi connectivity index (χ2n) is 24.0. The van der Waals surface area contributed by atoms with Gasteiger partial charge in [0.2, 0.25) is 0 Å². The van der Waals surface area contributed by atoms with Gasteiger partial charge < -0.3 is 58.6 Å². The minimum Gasteiger partial charge on any atom is -0.462 e. The van der Waals surface area contributed by atoms with E-state index in [-0.39, 0.29) is 90.2 Å². The summed E-state index contributed by atoms with van der Waals surface area (Å²) in [5.41, 5.74) is 0. The Hall–Kier alpha value is -6.93. The predicted octanol–water partition coefficient (Wildman–Crippen LogP) is 16.4. The highest BCUT2D eigenvalue weighted by Crippen LogP contribution is 2.18. The third-order valence-corrected chi connectivity index (χ3v) is 15.4. The van der Waals surface area contributed by atoms with Crippen LogP contribution in [0, 0.1) is 0 Å². The lowest BCUT2D eigenvalue weighted by Crippen LogP contribution is -2.31. The average Bonchev–Trinajstić information content (AvgIpc) is 3.45. The predicted molar refractivity (Wildman–Crippen MR) is 375 cm³/mol. The Labute approximate surface area is 576 Å². The van der Waals surface area contributed by atoms with Crippen LogP contribution in [0.5, 0.6) is 0 Å². The summed E-state index contributed by atoms with van der Waals surface area (Å²) in [6.45, 7) is 16.6. The van der Waals surface area contributed by atoms with Crippen LogP contribution in [0.4, 0.5) is 14.4 Å². The smallest absolute Gasteiger partial charge is 0.407 e. The van der Waals surface area contributed by atoms with Crippen LogP contribution in [0.3, 0.4) is 0 Å². The van der Waals surface area contributed by atoms with Gasteiger partial charge in [0.15, 0.2) is 6.10 Å². The molecule has 0 heterocycles. The van der Waals surface area contributed by atoms with E-state index in [9.17, 15) is 43.2 Å². The Balaban J connectivity index is 5.15. The second-order valence-corrected chi connectivity index (χ2v) is 24.0. The number of hydrogen-bond acceptors (Lipinski definition) is 18. The van der Waals surface area contributed by atoms with Gasteiger partial charge in [-0.05, 0) is 96.3 Å². The molecular weight excluding hydrogens is 1230 g/mol. The molecule has 3 atom stereocenters. The number of unbranched alkanes of at least 4 members (excludes halogenated alkanes) is 24. The number of amides is 3. The number of ether oxygens (including phenoxy) is 9. The number of alkyl carbamates (subject to hydrolysis) is 3. The van der Waals surface area contributed by atoms with E-state index in [0.717, 1.165) is 211 Å². The van der Waals surface area contributed by atoms with Crippen molar-refractivity contribution in [3.8, 4) is 0 Å². The second kappa shape index (κ2) is 66.7. The van der Waals surface area contributed by atoms with Gasteiger partial charge in [-0.1, -0.05) is 193 Å². The van der Waals surface area contributed by atoms with E-state index >= 15 is 0 Å². The van der Waals surface area contributed by atoms with Gasteiger partial charge in [0.1, 0.15) is 51.3 Å². The first kappa shape index (κ1) is 89.1. The Kier molecular flexibility index (Phi) is 61.9. The summed E-state index contributed by atoms with van der Waals surface area (Å²) in [7, 11) is 0. The number of esters is 6. The maximum absolute atomic E-state index is 13.1. The van der Waals surface area contributed by atoms with E-state index in [4.69, 9.17) is 42.6 Å². The van der Waals surface area contributed by atoms with Crippen LogP contribution < -0.4 is 16.0 Å². The standard InChI is InChI=1S/C75H125N3O18/c1-7-13-16-37-46-63(94-73(85)76-55-58-88-67(79)10-4)49-40-31-25-19-22-28-34-43-52-70(82)91-61-66(93-72(84)54-45-36-30-24-21-27-33-42-51-65(48-39-18-15-9-3)96-75(87)78-57-60-90-69(81)12-6)62-92-71(83)53-44-35-29-23-20-26-32-41-50-64(47-38-17-14-8-2)95-74(86)77-56-59-89-68(80)11-5/h10-12,31-33,40-42,63-66H,4-9,13-30,34-39,43-62H2,1-3H3,(H,76,85)(H,77,86)(H,78,87)/b40-31-,41-32-,42-33-. The van der Waals surface area contributed by atoms with Crippen LogP contribution in [-0.4, -0.2) is 131 Å². The van der Waals surface area contributed by atoms with Gasteiger partial charge >= 0.3 is 54.1 Å². The monoisotopic (exact) mass is 1360 g/mol. The van der Waals surface area contributed by atoms with Gasteiger partial charge in [-0.2, -0.15) is 0 Å². The van der Waals surface area contributed by atoms with Crippen molar-refractivity contribution in [2.75, 3.05) is 52.7 Å². The highest BCUT2D eigenvalue weighted by molar-refractivity contribution is 5.82. The van der Waals surface area contributed by atoms with Crippen LogP contribution in [0.25, 0.3) is 0 Å². The first-order valence-corrected chi connectivity index (χ1v) is 36.4. The molecule has 0 bridgehead atoms. The van der Waals surface area contributed by atoms with Crippen molar-refractivity contribution < 1.29 is 85.8 Å². The molecule has 21 heteroatoms. The summed E-state index contributed by atoms with van der Waals surface area (Å²) in [4.78, 5) is 110. The van der Waals surface area contributed by atoms with E-state index in [1.54, 1.807) is 0 Å². The maximum Gasteiger partial charge on any atom is 0.407 e. The summed E-state index contributed by atoms with van der Waals surface area (Å²) < 4.78 is 48.7. The SMILES string of the molecule is C=CC(=O)OCCNC(=O)OC(C/C=C\CCCCCCCC(=O)OCC(COC(=O)CCCCCCC/C=C\CC(CCCCCC)OC(=O)NCCOC(=O)C=C)OC(=O)CCCCCCC/C=C\CC(CCCCCC)OC(=O)NCCOC(=O)C=C)CCCCCC. The number of carbonyl (C=O) groups excluding carboxylic acids is 9. The maximum atomic E-state index is 13.1. The first-order chi connectivity index (χ1) is 46.7. The van der Waals surface area contributed by atoms with Gasteiger partial charge in [0, 0.05) is 56.8 Å². The first-order valence-electron chi connectivity index (χ1n) is 36.4. The molecule has 3 unspecified atom stereocenters. The Morgan fingerprint density at radius 3 is 0.896 bits per heavy atom. The van der Waals surface area contributed by atoms with Crippen LogP contribution >= 0.6 is 0 Å². The molecule has 0 aromatic carbocycles. The molecule has 0 saturated heterocycles. The van der Waals surface area contributed by atoms with Crippen molar-refractivity contribution in [2.45, 2.75) is 296 Å². The fraction of sp³-hybridized carbons (Fsp3) is 0.720. The zero-order chi connectivity index (χ0) is 70.6. The lowest BCUT2D eigenvalue weighted by atomic mass is 10.1. The topological polar surface area (TPSA) is 273 Å². The molecule has 0 radical (unpaired) electrons. The summed E-state index contributed by atoms with van der Waals surface area (Å²) >= 11 is 0. The molecule has 548 valence electrons. The summed E-state index contributed by atoms with van der Waals surface area (Å²) in [6, 6.07) is 0. The van der Waals surface area contributed by atoms with E-state index in [0.29, 0.717) is 38.5 Å². The normalized spacial score (nSPS) is 12.4. The number of nitrogens with one attached hydrogen (secondary N) is 3. The van der Waals surface area contributed by atoms with E-state index in [2.05, 4.69) is 92.9 Å². The number of hydrogen-bond donors (Lipinski definition) is 3. The van der Waals surface area contributed by atoms with Crippen molar-refractivity contribution in [3.05, 3.63) is 74.4 Å². The fourth-order valence-corrected chi connectivity index (χ4v) is 9.90. The average molecular weight is 1360 g/mol. The van der Waals surface area contributed by atoms with Gasteiger partial charge in [-0.25, -0.2) is 28.8 Å². The van der Waals surface area contributed by atoms with Crippen LogP contribution in [0.2, 0.25) is 0 Å². The van der Waals surface area contributed by atoms with Crippen LogP contribution in [0.15, 0.2) is 74.4 Å². The molecule has 0 aromatic heterocycles. The quantitative estimate of drug-likeness (QED) is 0.0168. The van der Waals surface area contributed by atoms with E-state index in [1.807, 2.05) is 0 Å². The molecule has 3 N–H and O–H groups in total. The zero-order valence-electron chi connectivity index (χ0n) is 59.2. The molecule has 96 heavy (non-hydrogen) atoms. The molecular formula is C75H125N3O18. The van der Waals surface area contributed by atoms with Crippen molar-refractivity contribution in [1.82, 2.24) is 16.0 Å². The molecule has 21 nitrogen and oxygen atoms in total. The molecule has 0 aliphatic rings. The van der Waals surface area contributed by atoms with E-state index in [1.165, 1.54) is 0 Å². The molecule has 0 aliphatic carbocycles. The Morgan fingerprint density at radius 1 is 0.312 bits per heavy atom. The van der Waals surface area contributed by atoms with Crippen LogP contribution in [-0.2, 0) is 71.4 Å². The molecule has 0 fully saturated rings. The van der Waals surface area contributed by atoms with Crippen molar-refractivity contribution in [1.29, 1.82) is 0 Å². The lowest BCUT2D eigenvalue weighted by Gasteiger charge is -2.18. The minimum absolute atomic E-state index is 0.0304. The minimum atomic E-state index is -0.941. The summed E-state index contributed by atoms with van der Waals surface area (Å²) in [5.74, 6) is -2.92. The van der Waals surface area contributed by atoms with Gasteiger partial charge in [-0.15, -0.1) is 0 Å². The van der Waals surface area contributed by atoms with E-state index < -0.39 is 60.2 Å². The number of rotatable bonds is 65. The summed E-state index contributed by atoms with van der Waals surface area (Å²) in [5, 5.41) is 7.89. The zero-order valence-corrected chi connectivity index (χ0v) is 59.2. The van der Waals surface area contributed by atoms with Gasteiger partial charge in [0.05, 0.1) is 19.6 Å². The Morgan fingerprint density at radius 2 is 0.594 bits per heavy atom. The van der Waals surface area contributed by atoms with Gasteiger partial charge in [0.25, 0.3) is 0 Å². The third-order valence-electron chi connectivity index (χ3n) is 15.4. The highest BCUT2D eigenvalue weighted by Gasteiger charge is 2.21. The van der Waals surface area contributed by atoms with Crippen molar-refractivity contribution in [3.63, 3.8) is 0 Å². The van der Waals surface area contributed by atoms with Crippen LogP contribution in [0.1, 0.15) is 271 Å². The molecule has 0 aliphatic heterocycles. The molecule has 0 aromatic rings. The summed E-state index contributed by atoms with van der Waals surface area (Å²) in [6.07, 6.45) is 45.6. The molecule has 0 spiro atoms. The third kappa shape index (κ3) is 60.7. The molecule has 0 rings (SSSR count). The lowest BCUT2D eigenvalue weighted by molar-refractivity contribution is -0.167. The molecule has 3 amide bonds. The van der Waals surface area contributed by atoms with Crippen molar-refractivity contribution in [2.24, 2.45) is 0 Å². The van der Waals surface area contributed by atoms with Crippen molar-refractivity contribution >= 4 is 54.1 Å². The fourth-order valence-electron chi connectivity index (χ4n) is 9.90. The van der Waals surface area contributed by atoms with Gasteiger partial charge in [-0.3, -0.25) is 14.4 Å².